The van der Waals surface area contributed by atoms with Crippen molar-refractivity contribution >= 4 is 17.2 Å². The number of nitrogens with zero attached hydrogens (tertiary/aromatic N) is 4. The SMILES string of the molecule is Cc1nnc2n1C[C@@H](NC(=O)c1csc(-c3ccco3)n1)CC2. The zero-order valence-electron chi connectivity index (χ0n) is 12.5. The monoisotopic (exact) mass is 329 g/mol. The smallest absolute Gasteiger partial charge is 0.271 e. The molecular formula is C15H15N5O2S. The zero-order valence-corrected chi connectivity index (χ0v) is 13.3. The highest BCUT2D eigenvalue weighted by atomic mass is 32.1. The van der Waals surface area contributed by atoms with Gasteiger partial charge in [0.25, 0.3) is 5.91 Å². The number of fused-ring (bicyclic) bond motifs is 1. The standard InChI is InChI=1S/C15H15N5O2S/c1-9-18-19-13-5-4-10(7-20(9)13)16-14(21)11-8-23-15(17-11)12-3-2-6-22-12/h2-3,6,8,10H,4-5,7H2,1H3,(H,16,21)/t10-/m0/s1. The molecule has 1 amide bonds. The van der Waals surface area contributed by atoms with Crippen molar-refractivity contribution in [1.82, 2.24) is 25.1 Å². The molecule has 0 bridgehead atoms. The Morgan fingerprint density at radius 1 is 1.48 bits per heavy atom. The maximum Gasteiger partial charge on any atom is 0.271 e. The van der Waals surface area contributed by atoms with E-state index in [4.69, 9.17) is 4.42 Å². The molecule has 4 rings (SSSR count). The minimum Gasteiger partial charge on any atom is -0.462 e. The average Bonchev–Trinajstić information content (AvgIpc) is 3.27. The zero-order chi connectivity index (χ0) is 15.8. The number of rotatable bonds is 3. The second-order valence-corrected chi connectivity index (χ2v) is 6.36. The first-order valence-electron chi connectivity index (χ1n) is 7.39. The van der Waals surface area contributed by atoms with Crippen LogP contribution < -0.4 is 5.32 Å². The average molecular weight is 329 g/mol. The summed E-state index contributed by atoms with van der Waals surface area (Å²) in [6.45, 7) is 2.63. The number of hydrogen-bond acceptors (Lipinski definition) is 6. The first-order valence-corrected chi connectivity index (χ1v) is 8.27. The number of thiazole rings is 1. The summed E-state index contributed by atoms with van der Waals surface area (Å²) >= 11 is 1.40. The third kappa shape index (κ3) is 2.65. The largest absolute Gasteiger partial charge is 0.462 e. The number of nitrogens with one attached hydrogen (secondary N) is 1. The molecule has 1 N–H and O–H groups in total. The molecule has 1 atom stereocenters. The molecule has 0 saturated carbocycles. The molecular weight excluding hydrogens is 314 g/mol. The number of carbonyl (C=O) groups excluding carboxylic acids is 1. The number of amides is 1. The van der Waals surface area contributed by atoms with Crippen molar-refractivity contribution in [3.63, 3.8) is 0 Å². The highest BCUT2D eigenvalue weighted by molar-refractivity contribution is 7.13. The van der Waals surface area contributed by atoms with Crippen LogP contribution in [0.3, 0.4) is 0 Å². The molecule has 23 heavy (non-hydrogen) atoms. The van der Waals surface area contributed by atoms with Crippen molar-refractivity contribution in [1.29, 1.82) is 0 Å². The number of hydrogen-bond donors (Lipinski definition) is 1. The Bertz CT molecular complexity index is 836. The summed E-state index contributed by atoms with van der Waals surface area (Å²) in [5.41, 5.74) is 0.424. The first kappa shape index (κ1) is 14.1. The molecule has 7 nitrogen and oxygen atoms in total. The van der Waals surface area contributed by atoms with Gasteiger partial charge in [-0.1, -0.05) is 0 Å². The topological polar surface area (TPSA) is 85.8 Å². The van der Waals surface area contributed by atoms with Crippen LogP contribution in [0.2, 0.25) is 0 Å². The quantitative estimate of drug-likeness (QED) is 0.795. The number of furan rings is 1. The van der Waals surface area contributed by atoms with E-state index >= 15 is 0 Å². The van der Waals surface area contributed by atoms with Gasteiger partial charge in [0.2, 0.25) is 0 Å². The Morgan fingerprint density at radius 2 is 2.39 bits per heavy atom. The van der Waals surface area contributed by atoms with Crippen molar-refractivity contribution in [2.24, 2.45) is 0 Å². The van der Waals surface area contributed by atoms with Gasteiger partial charge in [-0.3, -0.25) is 4.79 Å². The van der Waals surface area contributed by atoms with E-state index in [1.807, 2.05) is 13.0 Å². The maximum atomic E-state index is 12.4. The first-order chi connectivity index (χ1) is 11.2. The Morgan fingerprint density at radius 3 is 3.22 bits per heavy atom. The van der Waals surface area contributed by atoms with Crippen LogP contribution in [-0.4, -0.2) is 31.7 Å². The summed E-state index contributed by atoms with van der Waals surface area (Å²) in [5.74, 6) is 2.39. The number of aromatic nitrogens is 4. The van der Waals surface area contributed by atoms with E-state index in [1.165, 1.54) is 11.3 Å². The second-order valence-electron chi connectivity index (χ2n) is 5.50. The second kappa shape index (κ2) is 5.62. The molecule has 4 heterocycles. The number of carbonyl (C=O) groups is 1. The Labute approximate surface area is 136 Å². The molecule has 0 aromatic carbocycles. The third-order valence-corrected chi connectivity index (χ3v) is 4.79. The Balaban J connectivity index is 1.46. The predicted molar refractivity (Wildman–Crippen MR) is 84.2 cm³/mol. The Hall–Kier alpha value is -2.48. The minimum atomic E-state index is -0.154. The van der Waals surface area contributed by atoms with Crippen LogP contribution in [0.5, 0.6) is 0 Å². The van der Waals surface area contributed by atoms with E-state index in [0.717, 1.165) is 24.5 Å². The minimum absolute atomic E-state index is 0.0680. The van der Waals surface area contributed by atoms with Crippen LogP contribution >= 0.6 is 11.3 Å². The summed E-state index contributed by atoms with van der Waals surface area (Å²) in [6.07, 6.45) is 3.27. The van der Waals surface area contributed by atoms with Crippen molar-refractivity contribution < 1.29 is 9.21 Å². The van der Waals surface area contributed by atoms with Gasteiger partial charge in [-0.15, -0.1) is 21.5 Å². The highest BCUT2D eigenvalue weighted by Gasteiger charge is 2.24. The van der Waals surface area contributed by atoms with Gasteiger partial charge >= 0.3 is 0 Å². The van der Waals surface area contributed by atoms with Crippen LogP contribution in [0.4, 0.5) is 0 Å². The third-order valence-electron chi connectivity index (χ3n) is 3.94. The lowest BCUT2D eigenvalue weighted by Crippen LogP contribution is -2.41. The van der Waals surface area contributed by atoms with Crippen LogP contribution in [0, 0.1) is 6.92 Å². The fourth-order valence-corrected chi connectivity index (χ4v) is 3.50. The van der Waals surface area contributed by atoms with E-state index in [0.29, 0.717) is 23.0 Å². The van der Waals surface area contributed by atoms with Crippen LogP contribution in [0.1, 0.15) is 28.6 Å². The van der Waals surface area contributed by atoms with Crippen molar-refractivity contribution in [3.8, 4) is 10.8 Å². The van der Waals surface area contributed by atoms with Crippen molar-refractivity contribution in [2.45, 2.75) is 32.4 Å². The number of aryl methyl sites for hydroxylation is 2. The highest BCUT2D eigenvalue weighted by Crippen LogP contribution is 2.24. The summed E-state index contributed by atoms with van der Waals surface area (Å²) in [6, 6.07) is 3.70. The molecule has 0 aliphatic carbocycles. The van der Waals surface area contributed by atoms with Gasteiger partial charge in [-0.2, -0.15) is 0 Å². The molecule has 0 fully saturated rings. The fourth-order valence-electron chi connectivity index (χ4n) is 2.73. The van der Waals surface area contributed by atoms with Crippen molar-refractivity contribution in [3.05, 3.63) is 41.1 Å². The van der Waals surface area contributed by atoms with Gasteiger partial charge in [0.05, 0.1) is 6.26 Å². The van der Waals surface area contributed by atoms with Crippen LogP contribution in [0.15, 0.2) is 28.2 Å². The fraction of sp³-hybridized carbons (Fsp3) is 0.333. The summed E-state index contributed by atoms with van der Waals surface area (Å²) in [7, 11) is 0. The van der Waals surface area contributed by atoms with E-state index in [1.54, 1.807) is 17.7 Å². The van der Waals surface area contributed by atoms with E-state index in [9.17, 15) is 4.79 Å². The van der Waals surface area contributed by atoms with Gasteiger partial charge < -0.3 is 14.3 Å². The molecule has 3 aromatic rings. The van der Waals surface area contributed by atoms with Crippen molar-refractivity contribution in [2.75, 3.05) is 0 Å². The predicted octanol–water partition coefficient (Wildman–Crippen LogP) is 2.05. The van der Waals surface area contributed by atoms with Crippen LogP contribution in [-0.2, 0) is 13.0 Å². The van der Waals surface area contributed by atoms with Crippen LogP contribution in [0.25, 0.3) is 10.8 Å². The van der Waals surface area contributed by atoms with E-state index < -0.39 is 0 Å². The maximum absolute atomic E-state index is 12.4. The van der Waals surface area contributed by atoms with Gasteiger partial charge in [0.15, 0.2) is 10.8 Å². The summed E-state index contributed by atoms with van der Waals surface area (Å²) < 4.78 is 7.36. The molecule has 0 spiro atoms. The molecule has 1 aliphatic rings. The molecule has 1 aliphatic heterocycles. The molecule has 0 saturated heterocycles. The lowest BCUT2D eigenvalue weighted by molar-refractivity contribution is 0.0923. The van der Waals surface area contributed by atoms with E-state index in [2.05, 4.69) is 25.1 Å². The van der Waals surface area contributed by atoms with Gasteiger partial charge in [-0.25, -0.2) is 4.98 Å². The lowest BCUT2D eigenvalue weighted by atomic mass is 10.1. The van der Waals surface area contributed by atoms with E-state index in [-0.39, 0.29) is 11.9 Å². The molecule has 8 heteroatoms. The summed E-state index contributed by atoms with van der Waals surface area (Å²) in [5, 5.41) is 13.7. The van der Waals surface area contributed by atoms with Gasteiger partial charge in [0.1, 0.15) is 17.3 Å². The molecule has 0 unspecified atom stereocenters. The normalized spacial score (nSPS) is 17.0. The lowest BCUT2D eigenvalue weighted by Gasteiger charge is -2.24. The van der Waals surface area contributed by atoms with Gasteiger partial charge in [0, 0.05) is 24.4 Å². The molecule has 3 aromatic heterocycles. The Kier molecular flexibility index (Phi) is 3.45. The summed E-state index contributed by atoms with van der Waals surface area (Å²) in [4.78, 5) is 16.7. The molecule has 0 radical (unpaired) electrons. The molecule has 118 valence electrons. The van der Waals surface area contributed by atoms with Gasteiger partial charge in [-0.05, 0) is 25.5 Å².